The van der Waals surface area contributed by atoms with Gasteiger partial charge in [0.25, 0.3) is 0 Å². The van der Waals surface area contributed by atoms with E-state index in [1.165, 1.54) is 141 Å². The Kier molecular flexibility index (Phi) is 52.8. The number of unbranched alkanes of at least 4 members (excludes halogenated alkanes) is 25. The number of phosphoric ester groups is 1. The van der Waals surface area contributed by atoms with Gasteiger partial charge in [-0.05, 0) is 89.9 Å². The molecule has 0 aromatic rings. The fourth-order valence-corrected chi connectivity index (χ4v) is 9.01. The van der Waals surface area contributed by atoms with Crippen molar-refractivity contribution in [2.75, 3.05) is 40.9 Å². The van der Waals surface area contributed by atoms with Crippen LogP contribution in [0.5, 0.6) is 0 Å². The minimum absolute atomic E-state index is 0.0535. The molecule has 9 heteroatoms. The highest BCUT2D eigenvalue weighted by Crippen LogP contribution is 2.43. The summed E-state index contributed by atoms with van der Waals surface area (Å²) in [6.45, 7) is 4.65. The molecule has 0 aliphatic rings. The van der Waals surface area contributed by atoms with Gasteiger partial charge in [-0.1, -0.05) is 258 Å². The maximum atomic E-state index is 12.9. The lowest BCUT2D eigenvalue weighted by atomic mass is 10.0. The Morgan fingerprint density at radius 2 is 0.824 bits per heavy atom. The van der Waals surface area contributed by atoms with Gasteiger partial charge < -0.3 is 19.8 Å². The van der Waals surface area contributed by atoms with Crippen LogP contribution in [0, 0.1) is 0 Å². The first-order valence-corrected chi connectivity index (χ1v) is 31.8. The molecule has 3 unspecified atom stereocenters. The van der Waals surface area contributed by atoms with Crippen molar-refractivity contribution in [3.8, 4) is 0 Å². The number of likely N-dealkylation sites (N-methyl/N-ethyl adjacent to an activating group) is 1. The van der Waals surface area contributed by atoms with Crippen LogP contribution in [-0.4, -0.2) is 73.4 Å². The second kappa shape index (κ2) is 54.9. The molecule has 3 atom stereocenters. The summed E-state index contributed by atoms with van der Waals surface area (Å²) in [6.07, 6.45) is 80.8. The van der Waals surface area contributed by atoms with Gasteiger partial charge in [-0.2, -0.15) is 0 Å². The van der Waals surface area contributed by atoms with Crippen molar-refractivity contribution < 1.29 is 32.9 Å². The largest absolute Gasteiger partial charge is 0.472 e. The predicted molar refractivity (Wildman–Crippen MR) is 322 cm³/mol. The number of hydrogen-bond acceptors (Lipinski definition) is 5. The van der Waals surface area contributed by atoms with Crippen molar-refractivity contribution in [2.24, 2.45) is 0 Å². The molecule has 0 saturated carbocycles. The summed E-state index contributed by atoms with van der Waals surface area (Å²) in [5.41, 5.74) is 0. The zero-order valence-electron chi connectivity index (χ0n) is 48.5. The molecule has 0 aliphatic heterocycles. The van der Waals surface area contributed by atoms with E-state index in [-0.39, 0.29) is 19.1 Å². The molecule has 0 bridgehead atoms. The van der Waals surface area contributed by atoms with Crippen LogP contribution in [0.2, 0.25) is 0 Å². The maximum absolute atomic E-state index is 12.9. The number of hydrogen-bond donors (Lipinski definition) is 3. The molecule has 0 rings (SSSR count). The Bertz CT molecular complexity index is 1570. The number of allylic oxidation sites excluding steroid dienone is 17. The van der Waals surface area contributed by atoms with E-state index >= 15 is 0 Å². The number of rotatable bonds is 54. The molecule has 8 nitrogen and oxygen atoms in total. The fraction of sp³-hybridized carbons (Fsp3) is 0.708. The number of aliphatic hydroxyl groups is 1. The summed E-state index contributed by atoms with van der Waals surface area (Å²) < 4.78 is 23.6. The van der Waals surface area contributed by atoms with Gasteiger partial charge in [0, 0.05) is 6.42 Å². The molecule has 0 aromatic carbocycles. The van der Waals surface area contributed by atoms with E-state index in [9.17, 15) is 19.4 Å². The highest BCUT2D eigenvalue weighted by molar-refractivity contribution is 7.47. The molecule has 0 aliphatic carbocycles. The summed E-state index contributed by atoms with van der Waals surface area (Å²) >= 11 is 0. The van der Waals surface area contributed by atoms with E-state index < -0.39 is 20.0 Å². The van der Waals surface area contributed by atoms with E-state index in [1.54, 1.807) is 6.08 Å². The Balaban J connectivity index is 3.92. The smallest absolute Gasteiger partial charge is 0.387 e. The van der Waals surface area contributed by atoms with E-state index in [4.69, 9.17) is 9.05 Å². The van der Waals surface area contributed by atoms with Gasteiger partial charge in [0.2, 0.25) is 5.91 Å². The summed E-state index contributed by atoms with van der Waals surface area (Å²) in [5, 5.41) is 13.8. The van der Waals surface area contributed by atoms with Gasteiger partial charge in [-0.25, -0.2) is 4.57 Å². The number of nitrogens with one attached hydrogen (secondary N) is 1. The average molecular weight is 1050 g/mol. The second-order valence-corrected chi connectivity index (χ2v) is 22.8. The van der Waals surface area contributed by atoms with Gasteiger partial charge in [-0.3, -0.25) is 13.8 Å². The number of carbonyl (C=O) groups is 1. The molecule has 1 amide bonds. The van der Waals surface area contributed by atoms with Crippen molar-refractivity contribution in [2.45, 2.75) is 257 Å². The molecular weight excluding hydrogens is 936 g/mol. The molecule has 0 spiro atoms. The fourth-order valence-electron chi connectivity index (χ4n) is 8.27. The van der Waals surface area contributed by atoms with Gasteiger partial charge in [-0.15, -0.1) is 0 Å². The normalized spacial score (nSPS) is 14.6. The molecular formula is C65H116N2O6P+. The number of amides is 1. The van der Waals surface area contributed by atoms with E-state index in [0.717, 1.165) is 83.5 Å². The number of aliphatic hydroxyl groups excluding tert-OH is 1. The lowest BCUT2D eigenvalue weighted by molar-refractivity contribution is -0.870. The first kappa shape index (κ1) is 71.2. The Labute approximate surface area is 457 Å². The molecule has 74 heavy (non-hydrogen) atoms. The number of nitrogens with zero attached hydrogens (tertiary/aromatic N) is 1. The van der Waals surface area contributed by atoms with Crippen molar-refractivity contribution in [3.63, 3.8) is 0 Å². The van der Waals surface area contributed by atoms with Gasteiger partial charge in [0.1, 0.15) is 13.2 Å². The van der Waals surface area contributed by atoms with E-state index in [0.29, 0.717) is 17.4 Å². The quantitative estimate of drug-likeness (QED) is 0.0243. The van der Waals surface area contributed by atoms with Crippen LogP contribution in [0.15, 0.2) is 109 Å². The highest BCUT2D eigenvalue weighted by Gasteiger charge is 2.27. The molecule has 0 fully saturated rings. The zero-order chi connectivity index (χ0) is 54.2. The van der Waals surface area contributed by atoms with Gasteiger partial charge in [0.05, 0.1) is 39.9 Å². The van der Waals surface area contributed by atoms with Crippen LogP contribution in [0.25, 0.3) is 0 Å². The molecule has 3 N–H and O–H groups in total. The molecule has 0 saturated heterocycles. The minimum Gasteiger partial charge on any atom is -0.387 e. The summed E-state index contributed by atoms with van der Waals surface area (Å²) in [7, 11) is 1.55. The summed E-state index contributed by atoms with van der Waals surface area (Å²) in [6, 6.07) is -0.865. The monoisotopic (exact) mass is 1050 g/mol. The molecule has 0 radical (unpaired) electrons. The molecule has 0 aromatic heterocycles. The van der Waals surface area contributed by atoms with Crippen LogP contribution in [0.4, 0.5) is 0 Å². The number of carbonyl (C=O) groups excluding carboxylic acids is 1. The summed E-state index contributed by atoms with van der Waals surface area (Å²) in [5.74, 6) is -0.189. The average Bonchev–Trinajstić information content (AvgIpc) is 3.36. The van der Waals surface area contributed by atoms with Crippen molar-refractivity contribution >= 4 is 13.7 Å². The zero-order valence-corrected chi connectivity index (χ0v) is 49.4. The van der Waals surface area contributed by atoms with Crippen LogP contribution < -0.4 is 5.32 Å². The van der Waals surface area contributed by atoms with Crippen LogP contribution in [0.3, 0.4) is 0 Å². The van der Waals surface area contributed by atoms with Crippen molar-refractivity contribution in [3.05, 3.63) is 109 Å². The Morgan fingerprint density at radius 3 is 1.24 bits per heavy atom. The third-order valence-electron chi connectivity index (χ3n) is 13.0. The first-order valence-electron chi connectivity index (χ1n) is 30.3. The highest BCUT2D eigenvalue weighted by atomic mass is 31.2. The van der Waals surface area contributed by atoms with Crippen LogP contribution >= 0.6 is 7.82 Å². The molecule has 426 valence electrons. The SMILES string of the molecule is CC/C=C\C/C=C\C/C=C\C/C=C\C/C=C\C/C=C\C/C=C\CCCCCCCCCCCCCCCCCCCCCC(=O)NC(COP(=O)(O)OCC[N+](C)(C)C)C(O)/C=C/CC/C=C/CCCCCCC. The third kappa shape index (κ3) is 56.9. The van der Waals surface area contributed by atoms with Crippen molar-refractivity contribution in [1.82, 2.24) is 5.32 Å². The van der Waals surface area contributed by atoms with Gasteiger partial charge in [0.15, 0.2) is 0 Å². The van der Waals surface area contributed by atoms with Crippen LogP contribution in [-0.2, 0) is 18.4 Å². The predicted octanol–water partition coefficient (Wildman–Crippen LogP) is 18.8. The lowest BCUT2D eigenvalue weighted by Gasteiger charge is -2.25. The lowest BCUT2D eigenvalue weighted by Crippen LogP contribution is -2.45. The molecule has 0 heterocycles. The Hall–Kier alpha value is -2.84. The third-order valence-corrected chi connectivity index (χ3v) is 14.0. The second-order valence-electron chi connectivity index (χ2n) is 21.3. The first-order chi connectivity index (χ1) is 36.0. The summed E-state index contributed by atoms with van der Waals surface area (Å²) in [4.78, 5) is 23.2. The topological polar surface area (TPSA) is 105 Å². The van der Waals surface area contributed by atoms with Gasteiger partial charge >= 0.3 is 7.82 Å². The van der Waals surface area contributed by atoms with Crippen molar-refractivity contribution in [1.29, 1.82) is 0 Å². The number of phosphoric acid groups is 1. The minimum atomic E-state index is -4.35. The maximum Gasteiger partial charge on any atom is 0.472 e. The van der Waals surface area contributed by atoms with E-state index in [1.807, 2.05) is 27.2 Å². The standard InChI is InChI=1S/C65H115N2O6P/c1-6-8-10-12-14-16-18-19-20-21-22-23-24-25-26-27-28-29-30-31-32-33-34-35-36-37-38-39-40-41-42-43-44-45-46-47-49-51-53-55-57-59-65(69)66-63(62-73-74(70,71)72-61-60-67(3,4)5)64(68)58-56-54-52-50-48-17-15-13-11-9-7-2/h8,10,14,16,19-20,22-23,25-26,28-29,31-32,48,50,56,58,63-64,68H,6-7,9,11-13,15,17-18,21,24,27,30,33-47,49,51-55,57,59-62H2,1-5H3,(H-,66,69,70,71)/p+1/b10-8-,16-14-,20-19-,23-22-,26-25-,29-28-,32-31-,50-48+,58-56+. The van der Waals surface area contributed by atoms with E-state index in [2.05, 4.69) is 116 Å². The van der Waals surface area contributed by atoms with Crippen LogP contribution in [0.1, 0.15) is 245 Å². The number of quaternary nitrogens is 1. The Morgan fingerprint density at radius 1 is 0.473 bits per heavy atom.